The van der Waals surface area contributed by atoms with E-state index in [0.29, 0.717) is 13.1 Å². The van der Waals surface area contributed by atoms with Gasteiger partial charge in [-0.15, -0.1) is 0 Å². The number of nitrogens with zero attached hydrogens (tertiary/aromatic N) is 2. The van der Waals surface area contributed by atoms with Crippen LogP contribution in [0.25, 0.3) is 0 Å². The molecule has 1 rings (SSSR count). The molecule has 0 aliphatic heterocycles. The molecule has 0 aliphatic rings. The maximum atomic E-state index is 11.5. The van der Waals surface area contributed by atoms with Crippen molar-refractivity contribution in [1.29, 1.82) is 0 Å². The van der Waals surface area contributed by atoms with Gasteiger partial charge in [-0.1, -0.05) is 0 Å². The summed E-state index contributed by atoms with van der Waals surface area (Å²) in [6, 6.07) is -0.254. The topological polar surface area (TPSA) is 72.9 Å². The highest BCUT2D eigenvalue weighted by molar-refractivity contribution is 5.79. The summed E-state index contributed by atoms with van der Waals surface area (Å²) >= 11 is 0. The summed E-state index contributed by atoms with van der Waals surface area (Å²) in [5.74, 6) is 0.712. The molecule has 0 aromatic carbocycles. The van der Waals surface area contributed by atoms with Gasteiger partial charge in [0.2, 0.25) is 5.91 Å². The molecule has 1 aromatic heterocycles. The van der Waals surface area contributed by atoms with Crippen LogP contribution in [0.1, 0.15) is 25.7 Å². The monoisotopic (exact) mass is 196 g/mol. The molecule has 1 heterocycles. The Bertz CT molecular complexity index is 308. The Hall–Kier alpha value is -1.36. The van der Waals surface area contributed by atoms with Gasteiger partial charge in [-0.25, -0.2) is 4.98 Å². The third-order valence-electron chi connectivity index (χ3n) is 2.08. The van der Waals surface area contributed by atoms with Crippen molar-refractivity contribution in [2.24, 2.45) is 5.73 Å². The van der Waals surface area contributed by atoms with Crippen molar-refractivity contribution >= 4 is 5.91 Å². The lowest BCUT2D eigenvalue weighted by Crippen LogP contribution is -2.31. The average Bonchev–Trinajstić information content (AvgIpc) is 2.64. The summed E-state index contributed by atoms with van der Waals surface area (Å²) in [6.07, 6.45) is 3.42. The molecular weight excluding hydrogens is 180 g/mol. The predicted molar refractivity (Wildman–Crippen MR) is 53.5 cm³/mol. The second-order valence-electron chi connectivity index (χ2n) is 3.03. The van der Waals surface area contributed by atoms with E-state index in [1.807, 2.05) is 13.8 Å². The molecule has 0 bridgehead atoms. The molecular formula is C9H16N4O. The normalized spacial score (nSPS) is 12.5. The molecule has 1 aromatic rings. The molecule has 0 radical (unpaired) electrons. The van der Waals surface area contributed by atoms with Crippen LogP contribution < -0.4 is 11.1 Å². The molecule has 1 atom stereocenters. The third kappa shape index (κ3) is 2.11. The van der Waals surface area contributed by atoms with Crippen LogP contribution in [0, 0.1) is 0 Å². The van der Waals surface area contributed by atoms with Gasteiger partial charge in [-0.05, 0) is 13.8 Å². The number of imidazole rings is 1. The quantitative estimate of drug-likeness (QED) is 0.714. The standard InChI is InChI=1S/C9H16N4O/c1-3-11-9(14)7(2)13-5-4-12-8(13)6-10/h4-5,7H,3,6,10H2,1-2H3,(H,11,14). The fraction of sp³-hybridized carbons (Fsp3) is 0.556. The molecule has 0 saturated heterocycles. The van der Waals surface area contributed by atoms with Gasteiger partial charge >= 0.3 is 0 Å². The van der Waals surface area contributed by atoms with Crippen LogP contribution >= 0.6 is 0 Å². The molecule has 5 heteroatoms. The molecule has 0 saturated carbocycles. The average molecular weight is 196 g/mol. The number of rotatable bonds is 4. The summed E-state index contributed by atoms with van der Waals surface area (Å²) in [4.78, 5) is 15.6. The van der Waals surface area contributed by atoms with Gasteiger partial charge in [-0.2, -0.15) is 0 Å². The van der Waals surface area contributed by atoms with E-state index < -0.39 is 0 Å². The number of likely N-dealkylation sites (N-methyl/N-ethyl adjacent to an activating group) is 1. The highest BCUT2D eigenvalue weighted by Gasteiger charge is 2.15. The maximum absolute atomic E-state index is 11.5. The van der Waals surface area contributed by atoms with Crippen LogP contribution in [0.2, 0.25) is 0 Å². The van der Waals surface area contributed by atoms with Crippen molar-refractivity contribution in [2.75, 3.05) is 6.54 Å². The largest absolute Gasteiger partial charge is 0.355 e. The van der Waals surface area contributed by atoms with Gasteiger partial charge in [0.15, 0.2) is 0 Å². The molecule has 3 N–H and O–H groups in total. The summed E-state index contributed by atoms with van der Waals surface area (Å²) in [7, 11) is 0. The Balaban J connectivity index is 2.77. The lowest BCUT2D eigenvalue weighted by Gasteiger charge is -2.14. The summed E-state index contributed by atoms with van der Waals surface area (Å²) in [5, 5.41) is 2.76. The zero-order valence-electron chi connectivity index (χ0n) is 8.53. The van der Waals surface area contributed by atoms with Crippen LogP contribution in [-0.4, -0.2) is 22.0 Å². The molecule has 1 amide bonds. The van der Waals surface area contributed by atoms with E-state index in [-0.39, 0.29) is 11.9 Å². The Morgan fingerprint density at radius 2 is 2.50 bits per heavy atom. The highest BCUT2D eigenvalue weighted by atomic mass is 16.2. The minimum absolute atomic E-state index is 0.0137. The first-order chi connectivity index (χ1) is 6.70. The Labute approximate surface area is 83.3 Å². The van der Waals surface area contributed by atoms with Crippen molar-refractivity contribution in [3.63, 3.8) is 0 Å². The fourth-order valence-corrected chi connectivity index (χ4v) is 1.30. The lowest BCUT2D eigenvalue weighted by atomic mass is 10.3. The fourth-order valence-electron chi connectivity index (χ4n) is 1.30. The number of hydrogen-bond donors (Lipinski definition) is 2. The zero-order valence-corrected chi connectivity index (χ0v) is 8.53. The summed E-state index contributed by atoms with van der Waals surface area (Å²) < 4.78 is 1.78. The van der Waals surface area contributed by atoms with E-state index in [0.717, 1.165) is 5.82 Å². The van der Waals surface area contributed by atoms with E-state index in [4.69, 9.17) is 5.73 Å². The van der Waals surface area contributed by atoms with Crippen LogP contribution in [0.3, 0.4) is 0 Å². The molecule has 1 unspecified atom stereocenters. The van der Waals surface area contributed by atoms with Crippen molar-refractivity contribution in [3.05, 3.63) is 18.2 Å². The lowest BCUT2D eigenvalue weighted by molar-refractivity contribution is -0.123. The minimum atomic E-state index is -0.254. The minimum Gasteiger partial charge on any atom is -0.355 e. The number of amides is 1. The number of carbonyl (C=O) groups is 1. The number of carbonyl (C=O) groups excluding carboxylic acids is 1. The summed E-state index contributed by atoms with van der Waals surface area (Å²) in [5.41, 5.74) is 5.49. The van der Waals surface area contributed by atoms with Crippen LogP contribution in [0.4, 0.5) is 0 Å². The van der Waals surface area contributed by atoms with Gasteiger partial charge in [0.05, 0.1) is 6.54 Å². The van der Waals surface area contributed by atoms with Gasteiger partial charge in [0.25, 0.3) is 0 Å². The van der Waals surface area contributed by atoms with E-state index in [2.05, 4.69) is 10.3 Å². The van der Waals surface area contributed by atoms with E-state index in [9.17, 15) is 4.79 Å². The van der Waals surface area contributed by atoms with Crippen LogP contribution in [0.5, 0.6) is 0 Å². The number of hydrogen-bond acceptors (Lipinski definition) is 3. The molecule has 5 nitrogen and oxygen atoms in total. The predicted octanol–water partition coefficient (Wildman–Crippen LogP) is 0.0389. The maximum Gasteiger partial charge on any atom is 0.242 e. The Morgan fingerprint density at radius 3 is 3.07 bits per heavy atom. The Morgan fingerprint density at radius 1 is 1.79 bits per heavy atom. The van der Waals surface area contributed by atoms with E-state index in [1.54, 1.807) is 17.0 Å². The number of nitrogens with two attached hydrogens (primary N) is 1. The first kappa shape index (κ1) is 10.7. The first-order valence-corrected chi connectivity index (χ1v) is 4.70. The second-order valence-corrected chi connectivity index (χ2v) is 3.03. The van der Waals surface area contributed by atoms with Crippen LogP contribution in [0.15, 0.2) is 12.4 Å². The van der Waals surface area contributed by atoms with Gasteiger partial charge in [-0.3, -0.25) is 4.79 Å². The SMILES string of the molecule is CCNC(=O)C(C)n1ccnc1CN. The first-order valence-electron chi connectivity index (χ1n) is 4.70. The van der Waals surface area contributed by atoms with E-state index >= 15 is 0 Å². The highest BCUT2D eigenvalue weighted by Crippen LogP contribution is 2.08. The molecule has 14 heavy (non-hydrogen) atoms. The van der Waals surface area contributed by atoms with Crippen molar-refractivity contribution < 1.29 is 4.79 Å². The smallest absolute Gasteiger partial charge is 0.242 e. The zero-order chi connectivity index (χ0) is 10.6. The molecule has 0 fully saturated rings. The van der Waals surface area contributed by atoms with Gasteiger partial charge < -0.3 is 15.6 Å². The Kier molecular flexibility index (Phi) is 3.64. The van der Waals surface area contributed by atoms with Crippen molar-refractivity contribution in [1.82, 2.24) is 14.9 Å². The van der Waals surface area contributed by atoms with Crippen molar-refractivity contribution in [2.45, 2.75) is 26.4 Å². The molecule has 0 aliphatic carbocycles. The third-order valence-corrected chi connectivity index (χ3v) is 2.08. The second kappa shape index (κ2) is 4.76. The van der Waals surface area contributed by atoms with Crippen LogP contribution in [-0.2, 0) is 11.3 Å². The number of nitrogens with one attached hydrogen (secondary N) is 1. The number of aromatic nitrogens is 2. The van der Waals surface area contributed by atoms with Gasteiger partial charge in [0.1, 0.15) is 11.9 Å². The van der Waals surface area contributed by atoms with E-state index in [1.165, 1.54) is 0 Å². The molecule has 78 valence electrons. The van der Waals surface area contributed by atoms with Crippen molar-refractivity contribution in [3.8, 4) is 0 Å². The summed E-state index contributed by atoms with van der Waals surface area (Å²) in [6.45, 7) is 4.70. The molecule has 0 spiro atoms. The van der Waals surface area contributed by atoms with Gasteiger partial charge in [0, 0.05) is 18.9 Å².